The molecule has 9 heteroatoms. The zero-order valence-electron chi connectivity index (χ0n) is 20.2. The molecule has 1 atom stereocenters. The van der Waals surface area contributed by atoms with Crippen LogP contribution in [-0.2, 0) is 6.61 Å². The molecule has 0 fully saturated rings. The van der Waals surface area contributed by atoms with Gasteiger partial charge in [0.15, 0.2) is 0 Å². The molecule has 1 unspecified atom stereocenters. The van der Waals surface area contributed by atoms with Crippen LogP contribution in [-0.4, -0.2) is 5.97 Å². The number of nitrogens with zero attached hydrogens (tertiary/aromatic N) is 1. The van der Waals surface area contributed by atoms with Crippen LogP contribution in [0.4, 0.5) is 0 Å². The number of nitrogens with two attached hydrogens (primary N) is 1. The Balaban J connectivity index is 1.37. The predicted octanol–water partition coefficient (Wildman–Crippen LogP) is 7.66. The van der Waals surface area contributed by atoms with Crippen molar-refractivity contribution in [2.75, 3.05) is 0 Å². The van der Waals surface area contributed by atoms with E-state index in [4.69, 9.17) is 54.7 Å². The first-order valence-corrected chi connectivity index (χ1v) is 12.8. The summed E-state index contributed by atoms with van der Waals surface area (Å²) in [6.07, 6.45) is 0. The van der Waals surface area contributed by atoms with Crippen molar-refractivity contribution in [2.45, 2.75) is 12.5 Å². The highest BCUT2D eigenvalue weighted by Gasteiger charge is 2.31. The van der Waals surface area contributed by atoms with Gasteiger partial charge < -0.3 is 19.9 Å². The highest BCUT2D eigenvalue weighted by atomic mass is 35.5. The van der Waals surface area contributed by atoms with Gasteiger partial charge in [-0.15, -0.1) is 0 Å². The summed E-state index contributed by atoms with van der Waals surface area (Å²) >= 11 is 18.1. The zero-order chi connectivity index (χ0) is 27.5. The van der Waals surface area contributed by atoms with Gasteiger partial charge in [-0.1, -0.05) is 59.1 Å². The van der Waals surface area contributed by atoms with Crippen molar-refractivity contribution in [3.8, 4) is 23.3 Å². The molecule has 0 bridgehead atoms. The van der Waals surface area contributed by atoms with Gasteiger partial charge in [0, 0.05) is 32.3 Å². The highest BCUT2D eigenvalue weighted by molar-refractivity contribution is 6.35. The van der Waals surface area contributed by atoms with E-state index in [2.05, 4.69) is 6.07 Å². The number of allylic oxidation sites excluding steroid dienone is 1. The van der Waals surface area contributed by atoms with Crippen LogP contribution in [0.25, 0.3) is 0 Å². The van der Waals surface area contributed by atoms with E-state index in [1.807, 2.05) is 30.3 Å². The fourth-order valence-electron chi connectivity index (χ4n) is 4.15. The summed E-state index contributed by atoms with van der Waals surface area (Å²) in [5, 5.41) is 11.4. The molecule has 1 heterocycles. The molecule has 39 heavy (non-hydrogen) atoms. The zero-order valence-corrected chi connectivity index (χ0v) is 22.4. The van der Waals surface area contributed by atoms with E-state index in [1.54, 1.807) is 54.6 Å². The monoisotopic (exact) mass is 576 g/mol. The summed E-state index contributed by atoms with van der Waals surface area (Å²) in [6, 6.07) is 26.1. The Kier molecular flexibility index (Phi) is 7.67. The minimum absolute atomic E-state index is 0.0196. The molecule has 0 aromatic heterocycles. The number of carbonyl (C=O) groups is 1. The van der Waals surface area contributed by atoms with Crippen LogP contribution in [0, 0.1) is 11.3 Å². The lowest BCUT2D eigenvalue weighted by Crippen LogP contribution is -2.21. The third-order valence-corrected chi connectivity index (χ3v) is 6.94. The molecule has 2 N–H and O–H groups in total. The lowest BCUT2D eigenvalue weighted by molar-refractivity contribution is 0.0734. The first kappa shape index (κ1) is 26.5. The molecule has 1 aliphatic heterocycles. The molecular weight excluding hydrogens is 559 g/mol. The number of fused-ring (bicyclic) bond motifs is 1. The van der Waals surface area contributed by atoms with Crippen LogP contribution in [0.3, 0.4) is 0 Å². The second-order valence-corrected chi connectivity index (χ2v) is 9.89. The van der Waals surface area contributed by atoms with Crippen molar-refractivity contribution in [3.63, 3.8) is 0 Å². The van der Waals surface area contributed by atoms with Gasteiger partial charge in [-0.3, -0.25) is 0 Å². The summed E-state index contributed by atoms with van der Waals surface area (Å²) in [4.78, 5) is 12.5. The van der Waals surface area contributed by atoms with Crippen LogP contribution in [0.15, 0.2) is 96.4 Å². The number of hydrogen-bond donors (Lipinski definition) is 1. The van der Waals surface area contributed by atoms with Crippen molar-refractivity contribution < 1.29 is 19.0 Å². The maximum Gasteiger partial charge on any atom is 0.343 e. The van der Waals surface area contributed by atoms with E-state index in [-0.39, 0.29) is 23.8 Å². The van der Waals surface area contributed by atoms with Gasteiger partial charge >= 0.3 is 5.97 Å². The molecule has 0 spiro atoms. The summed E-state index contributed by atoms with van der Waals surface area (Å²) in [5.74, 6) is 0.224. The fourth-order valence-corrected chi connectivity index (χ4v) is 4.74. The third kappa shape index (κ3) is 5.81. The minimum Gasteiger partial charge on any atom is -0.489 e. The van der Waals surface area contributed by atoms with Gasteiger partial charge in [0.2, 0.25) is 5.88 Å². The Morgan fingerprint density at radius 1 is 0.897 bits per heavy atom. The second kappa shape index (κ2) is 11.3. The topological polar surface area (TPSA) is 94.6 Å². The van der Waals surface area contributed by atoms with E-state index in [9.17, 15) is 10.1 Å². The first-order valence-electron chi connectivity index (χ1n) is 11.7. The van der Waals surface area contributed by atoms with E-state index in [1.165, 1.54) is 0 Å². The molecule has 194 valence electrons. The predicted molar refractivity (Wildman–Crippen MR) is 149 cm³/mol. The van der Waals surface area contributed by atoms with Crippen molar-refractivity contribution in [3.05, 3.63) is 134 Å². The average molecular weight is 578 g/mol. The largest absolute Gasteiger partial charge is 0.489 e. The van der Waals surface area contributed by atoms with Crippen molar-refractivity contribution >= 4 is 40.8 Å². The number of nitriles is 1. The van der Waals surface area contributed by atoms with E-state index < -0.39 is 11.9 Å². The standard InChI is InChI=1S/C30H19Cl3N2O4/c31-20-6-1-18(2-7-20)30(36)38-23-11-12-24-27(14-23)39-29(35)25(15-34)28(24)17-4-9-22(10-5-17)37-16-19-3-8-21(32)13-26(19)33/h1-14,28H,16,35H2. The third-order valence-electron chi connectivity index (χ3n) is 6.10. The molecule has 4 aromatic rings. The number of rotatable bonds is 6. The van der Waals surface area contributed by atoms with Crippen LogP contribution in [0.5, 0.6) is 17.2 Å². The quantitative estimate of drug-likeness (QED) is 0.187. The lowest BCUT2D eigenvalue weighted by Gasteiger charge is -2.26. The van der Waals surface area contributed by atoms with Crippen molar-refractivity contribution in [1.29, 1.82) is 5.26 Å². The second-order valence-electron chi connectivity index (χ2n) is 8.61. The summed E-state index contributed by atoms with van der Waals surface area (Å²) in [6.45, 7) is 0.267. The molecule has 0 amide bonds. The lowest BCUT2D eigenvalue weighted by atomic mass is 9.83. The van der Waals surface area contributed by atoms with E-state index in [0.717, 1.165) is 11.1 Å². The molecule has 6 nitrogen and oxygen atoms in total. The number of esters is 1. The summed E-state index contributed by atoms with van der Waals surface area (Å²) in [7, 11) is 0. The normalized spacial score (nSPS) is 14.2. The number of benzene rings is 4. The number of hydrogen-bond acceptors (Lipinski definition) is 6. The Morgan fingerprint density at radius 3 is 2.28 bits per heavy atom. The Bertz CT molecular complexity index is 1630. The fraction of sp³-hybridized carbons (Fsp3) is 0.0667. The molecule has 1 aliphatic rings. The molecule has 0 saturated heterocycles. The molecule has 0 aliphatic carbocycles. The smallest absolute Gasteiger partial charge is 0.343 e. The molecule has 0 radical (unpaired) electrons. The van der Waals surface area contributed by atoms with Crippen molar-refractivity contribution in [2.24, 2.45) is 5.73 Å². The van der Waals surface area contributed by atoms with Gasteiger partial charge in [-0.05, 0) is 60.2 Å². The van der Waals surface area contributed by atoms with Gasteiger partial charge in [0.25, 0.3) is 0 Å². The molecule has 4 aromatic carbocycles. The summed E-state index contributed by atoms with van der Waals surface area (Å²) in [5.41, 5.74) is 9.06. The maximum atomic E-state index is 12.5. The van der Waals surface area contributed by atoms with Crippen LogP contribution < -0.4 is 19.9 Å². The van der Waals surface area contributed by atoms with Crippen LogP contribution in [0.1, 0.15) is 33.0 Å². The molecular formula is C30H19Cl3N2O4. The van der Waals surface area contributed by atoms with Crippen LogP contribution >= 0.6 is 34.8 Å². The van der Waals surface area contributed by atoms with E-state index in [0.29, 0.717) is 37.7 Å². The maximum absolute atomic E-state index is 12.5. The van der Waals surface area contributed by atoms with Gasteiger partial charge in [-0.25, -0.2) is 4.79 Å². The van der Waals surface area contributed by atoms with E-state index >= 15 is 0 Å². The Morgan fingerprint density at radius 2 is 1.59 bits per heavy atom. The number of halogens is 3. The Labute approximate surface area is 239 Å². The van der Waals surface area contributed by atoms with Gasteiger partial charge in [0.1, 0.15) is 35.5 Å². The van der Waals surface area contributed by atoms with Crippen molar-refractivity contribution in [1.82, 2.24) is 0 Å². The minimum atomic E-state index is -0.546. The highest BCUT2D eigenvalue weighted by Crippen LogP contribution is 2.43. The Hall–Kier alpha value is -4.15. The summed E-state index contributed by atoms with van der Waals surface area (Å²) < 4.78 is 17.1. The van der Waals surface area contributed by atoms with Crippen LogP contribution in [0.2, 0.25) is 15.1 Å². The molecule has 5 rings (SSSR count). The molecule has 0 saturated carbocycles. The number of carbonyl (C=O) groups excluding carboxylic acids is 1. The number of ether oxygens (including phenoxy) is 3. The van der Waals surface area contributed by atoms with Gasteiger partial charge in [-0.2, -0.15) is 5.26 Å². The van der Waals surface area contributed by atoms with Gasteiger partial charge in [0.05, 0.1) is 11.5 Å². The SMILES string of the molecule is N#CC1=C(N)Oc2cc(OC(=O)c3ccc(Cl)cc3)ccc2C1c1ccc(OCc2ccc(Cl)cc2Cl)cc1. The first-order chi connectivity index (χ1) is 18.8. The average Bonchev–Trinajstić information content (AvgIpc) is 2.92.